The van der Waals surface area contributed by atoms with Crippen LogP contribution >= 0.6 is 23.2 Å². The van der Waals surface area contributed by atoms with E-state index in [-0.39, 0.29) is 23.7 Å². The van der Waals surface area contributed by atoms with E-state index in [4.69, 9.17) is 37.2 Å². The molecular formula is C22H20Cl2N2O5. The molecule has 1 amide bonds. The van der Waals surface area contributed by atoms with Crippen molar-refractivity contribution < 1.29 is 23.6 Å². The fourth-order valence-corrected chi connectivity index (χ4v) is 2.92. The number of amides is 1. The molecule has 0 spiro atoms. The highest BCUT2D eigenvalue weighted by molar-refractivity contribution is 6.30. The second kappa shape index (κ2) is 9.41. The first-order valence-corrected chi connectivity index (χ1v) is 10.2. The number of esters is 1. The summed E-state index contributed by atoms with van der Waals surface area (Å²) in [7, 11) is 0. The van der Waals surface area contributed by atoms with Crippen LogP contribution in [0.3, 0.4) is 0 Å². The molecule has 0 fully saturated rings. The SMILES string of the molecule is CCOC(=O)c1c(-c2ccc(Cl)cc2)noc1NC(=O)C(C)(C)Oc1ccc(Cl)cc1. The first-order chi connectivity index (χ1) is 14.7. The van der Waals surface area contributed by atoms with Crippen LogP contribution in [-0.2, 0) is 9.53 Å². The largest absolute Gasteiger partial charge is 0.478 e. The highest BCUT2D eigenvalue weighted by Gasteiger charge is 2.34. The number of aromatic nitrogens is 1. The van der Waals surface area contributed by atoms with Crippen LogP contribution in [0.5, 0.6) is 5.75 Å². The van der Waals surface area contributed by atoms with E-state index < -0.39 is 17.5 Å². The summed E-state index contributed by atoms with van der Waals surface area (Å²) in [5, 5.41) is 7.61. The second-order valence-corrected chi connectivity index (χ2v) is 7.86. The third-order valence-corrected chi connectivity index (χ3v) is 4.75. The van der Waals surface area contributed by atoms with Crippen molar-refractivity contribution in [3.8, 4) is 17.0 Å². The lowest BCUT2D eigenvalue weighted by atomic mass is 10.1. The molecule has 31 heavy (non-hydrogen) atoms. The fraction of sp³-hybridized carbons (Fsp3) is 0.227. The molecule has 9 heteroatoms. The average molecular weight is 463 g/mol. The third kappa shape index (κ3) is 5.37. The highest BCUT2D eigenvalue weighted by Crippen LogP contribution is 2.31. The van der Waals surface area contributed by atoms with E-state index >= 15 is 0 Å². The van der Waals surface area contributed by atoms with Crippen LogP contribution in [0, 0.1) is 0 Å². The molecule has 1 heterocycles. The van der Waals surface area contributed by atoms with Gasteiger partial charge in [0.05, 0.1) is 6.61 Å². The van der Waals surface area contributed by atoms with Crippen LogP contribution in [0.1, 0.15) is 31.1 Å². The van der Waals surface area contributed by atoms with Gasteiger partial charge in [-0.05, 0) is 57.2 Å². The Morgan fingerprint density at radius 2 is 1.61 bits per heavy atom. The molecule has 0 saturated heterocycles. The zero-order valence-electron chi connectivity index (χ0n) is 17.1. The third-order valence-electron chi connectivity index (χ3n) is 4.25. The maximum Gasteiger partial charge on any atom is 0.346 e. The molecule has 0 aliphatic rings. The lowest BCUT2D eigenvalue weighted by Crippen LogP contribution is -2.42. The molecule has 0 aliphatic carbocycles. The lowest BCUT2D eigenvalue weighted by molar-refractivity contribution is -0.128. The number of carbonyl (C=O) groups is 2. The zero-order valence-corrected chi connectivity index (χ0v) is 18.6. The smallest absolute Gasteiger partial charge is 0.346 e. The van der Waals surface area contributed by atoms with Gasteiger partial charge in [-0.2, -0.15) is 0 Å². The summed E-state index contributed by atoms with van der Waals surface area (Å²) < 4.78 is 16.2. The fourth-order valence-electron chi connectivity index (χ4n) is 2.67. The summed E-state index contributed by atoms with van der Waals surface area (Å²) in [6.07, 6.45) is 0. The van der Waals surface area contributed by atoms with Crippen molar-refractivity contribution in [2.45, 2.75) is 26.4 Å². The summed E-state index contributed by atoms with van der Waals surface area (Å²) in [5.41, 5.74) is -0.498. The van der Waals surface area contributed by atoms with Crippen LogP contribution in [0.15, 0.2) is 53.1 Å². The normalized spacial score (nSPS) is 11.1. The number of carbonyl (C=O) groups excluding carboxylic acids is 2. The number of rotatable bonds is 7. The van der Waals surface area contributed by atoms with Crippen LogP contribution in [-0.4, -0.2) is 29.2 Å². The number of nitrogens with one attached hydrogen (secondary N) is 1. The predicted molar refractivity (Wildman–Crippen MR) is 118 cm³/mol. The quantitative estimate of drug-likeness (QED) is 0.458. The molecule has 3 aromatic rings. The minimum absolute atomic E-state index is 0.000171. The van der Waals surface area contributed by atoms with Gasteiger partial charge in [0.15, 0.2) is 11.2 Å². The van der Waals surface area contributed by atoms with Gasteiger partial charge in [0, 0.05) is 15.6 Å². The van der Waals surface area contributed by atoms with Gasteiger partial charge in [0.25, 0.3) is 5.91 Å². The van der Waals surface area contributed by atoms with Crippen molar-refractivity contribution >= 4 is 41.0 Å². The van der Waals surface area contributed by atoms with Crippen molar-refractivity contribution in [1.82, 2.24) is 5.16 Å². The zero-order chi connectivity index (χ0) is 22.6. The summed E-state index contributed by atoms with van der Waals surface area (Å²) in [6.45, 7) is 4.98. The second-order valence-electron chi connectivity index (χ2n) is 6.98. The number of hydrogen-bond acceptors (Lipinski definition) is 6. The Morgan fingerprint density at radius 1 is 1.03 bits per heavy atom. The molecule has 3 rings (SSSR count). The van der Waals surface area contributed by atoms with Crippen LogP contribution in [0.4, 0.5) is 5.88 Å². The van der Waals surface area contributed by atoms with Gasteiger partial charge in [0.1, 0.15) is 11.4 Å². The number of halogens is 2. The Morgan fingerprint density at radius 3 is 2.19 bits per heavy atom. The maximum atomic E-state index is 12.9. The molecule has 2 aromatic carbocycles. The Kier molecular flexibility index (Phi) is 6.87. The van der Waals surface area contributed by atoms with Crippen LogP contribution in [0.25, 0.3) is 11.3 Å². The first kappa shape index (κ1) is 22.7. The van der Waals surface area contributed by atoms with Gasteiger partial charge in [0.2, 0.25) is 5.88 Å². The van der Waals surface area contributed by atoms with E-state index in [1.807, 2.05) is 0 Å². The number of nitrogens with zero attached hydrogens (tertiary/aromatic N) is 1. The van der Waals surface area contributed by atoms with Crippen molar-refractivity contribution in [2.24, 2.45) is 0 Å². The van der Waals surface area contributed by atoms with Crippen molar-refractivity contribution in [3.05, 3.63) is 64.1 Å². The molecule has 0 saturated carbocycles. The molecular weight excluding hydrogens is 443 g/mol. The highest BCUT2D eigenvalue weighted by atomic mass is 35.5. The van der Waals surface area contributed by atoms with Crippen LogP contribution in [0.2, 0.25) is 10.0 Å². The Balaban J connectivity index is 1.89. The molecule has 0 radical (unpaired) electrons. The Labute approximate surface area is 189 Å². The van der Waals surface area contributed by atoms with E-state index in [2.05, 4.69) is 10.5 Å². The topological polar surface area (TPSA) is 90.7 Å². The van der Waals surface area contributed by atoms with Crippen molar-refractivity contribution in [2.75, 3.05) is 11.9 Å². The van der Waals surface area contributed by atoms with Crippen LogP contribution < -0.4 is 10.1 Å². The van der Waals surface area contributed by atoms with E-state index in [9.17, 15) is 9.59 Å². The Bertz CT molecular complexity index is 1080. The van der Waals surface area contributed by atoms with Gasteiger partial charge in [-0.1, -0.05) is 40.5 Å². The predicted octanol–water partition coefficient (Wildman–Crippen LogP) is 5.62. The van der Waals surface area contributed by atoms with E-state index in [1.54, 1.807) is 69.3 Å². The molecule has 0 unspecified atom stereocenters. The summed E-state index contributed by atoms with van der Waals surface area (Å²) in [4.78, 5) is 25.5. The summed E-state index contributed by atoms with van der Waals surface area (Å²) in [5.74, 6) is -0.914. The number of hydrogen-bond donors (Lipinski definition) is 1. The molecule has 0 bridgehead atoms. The van der Waals surface area contributed by atoms with E-state index in [1.165, 1.54) is 0 Å². The number of ether oxygens (including phenoxy) is 2. The lowest BCUT2D eigenvalue weighted by Gasteiger charge is -2.24. The van der Waals surface area contributed by atoms with E-state index in [0.717, 1.165) is 0 Å². The van der Waals surface area contributed by atoms with Gasteiger partial charge in [-0.3, -0.25) is 10.1 Å². The van der Waals surface area contributed by atoms with Gasteiger partial charge >= 0.3 is 5.97 Å². The maximum absolute atomic E-state index is 12.9. The molecule has 0 atom stereocenters. The molecule has 7 nitrogen and oxygen atoms in total. The monoisotopic (exact) mass is 462 g/mol. The Hall–Kier alpha value is -3.03. The number of anilines is 1. The molecule has 1 aromatic heterocycles. The average Bonchev–Trinajstić information content (AvgIpc) is 3.14. The minimum Gasteiger partial charge on any atom is -0.478 e. The molecule has 1 N–H and O–H groups in total. The van der Waals surface area contributed by atoms with Crippen molar-refractivity contribution in [1.29, 1.82) is 0 Å². The molecule has 0 aliphatic heterocycles. The van der Waals surface area contributed by atoms with E-state index in [0.29, 0.717) is 21.4 Å². The molecule has 162 valence electrons. The summed E-state index contributed by atoms with van der Waals surface area (Å²) >= 11 is 11.8. The standard InChI is InChI=1S/C22H20Cl2N2O5/c1-4-29-20(27)17-18(13-5-7-14(23)8-6-13)26-31-19(17)25-21(28)22(2,3)30-16-11-9-15(24)10-12-16/h5-12H,4H2,1-3H3,(H,25,28). The minimum atomic E-state index is -1.30. The van der Waals surface area contributed by atoms with Gasteiger partial charge in [-0.25, -0.2) is 4.79 Å². The summed E-state index contributed by atoms with van der Waals surface area (Å²) in [6, 6.07) is 13.3. The van der Waals surface area contributed by atoms with Crippen molar-refractivity contribution in [3.63, 3.8) is 0 Å². The first-order valence-electron chi connectivity index (χ1n) is 9.40. The number of benzene rings is 2. The van der Waals surface area contributed by atoms with Gasteiger partial charge in [-0.15, -0.1) is 0 Å². The van der Waals surface area contributed by atoms with Gasteiger partial charge < -0.3 is 14.0 Å².